The first-order chi connectivity index (χ1) is 12.9. The SMILES string of the molecule is CC1CC1C(=O)Nc1ccc(C(=O)N[C@@H](Cc2ccccc2)C(=O)O)cc1. The zero-order chi connectivity index (χ0) is 19.4. The minimum atomic E-state index is -1.09. The molecule has 6 heteroatoms. The van der Waals surface area contributed by atoms with Gasteiger partial charge in [0.05, 0.1) is 0 Å². The summed E-state index contributed by atoms with van der Waals surface area (Å²) in [6.45, 7) is 2.03. The van der Waals surface area contributed by atoms with Gasteiger partial charge in [0.1, 0.15) is 6.04 Å². The Bertz CT molecular complexity index is 833. The average molecular weight is 366 g/mol. The highest BCUT2D eigenvalue weighted by molar-refractivity contribution is 5.98. The van der Waals surface area contributed by atoms with E-state index in [-0.39, 0.29) is 18.2 Å². The van der Waals surface area contributed by atoms with E-state index < -0.39 is 17.9 Å². The lowest BCUT2D eigenvalue weighted by Gasteiger charge is -2.15. The summed E-state index contributed by atoms with van der Waals surface area (Å²) in [5.41, 5.74) is 1.79. The molecular formula is C21H22N2O4. The van der Waals surface area contributed by atoms with Crippen LogP contribution in [0.25, 0.3) is 0 Å². The summed E-state index contributed by atoms with van der Waals surface area (Å²) in [5, 5.41) is 14.8. The van der Waals surface area contributed by atoms with E-state index in [1.807, 2.05) is 37.3 Å². The molecule has 2 aromatic rings. The third kappa shape index (κ3) is 4.94. The summed E-state index contributed by atoms with van der Waals surface area (Å²) >= 11 is 0. The number of hydrogen-bond donors (Lipinski definition) is 3. The van der Waals surface area contributed by atoms with Crippen LogP contribution in [0, 0.1) is 11.8 Å². The third-order valence-electron chi connectivity index (χ3n) is 4.75. The fourth-order valence-corrected chi connectivity index (χ4v) is 2.92. The molecule has 1 fully saturated rings. The van der Waals surface area contributed by atoms with Crippen molar-refractivity contribution in [1.82, 2.24) is 5.32 Å². The molecule has 27 heavy (non-hydrogen) atoms. The molecule has 3 rings (SSSR count). The van der Waals surface area contributed by atoms with Crippen LogP contribution in [0.1, 0.15) is 29.3 Å². The Hall–Kier alpha value is -3.15. The van der Waals surface area contributed by atoms with E-state index in [9.17, 15) is 19.5 Å². The van der Waals surface area contributed by atoms with Gasteiger partial charge in [0, 0.05) is 23.6 Å². The van der Waals surface area contributed by atoms with Crippen molar-refractivity contribution in [3.8, 4) is 0 Å². The van der Waals surface area contributed by atoms with Crippen LogP contribution in [0.5, 0.6) is 0 Å². The Morgan fingerprint density at radius 2 is 1.70 bits per heavy atom. The lowest BCUT2D eigenvalue weighted by atomic mass is 10.1. The zero-order valence-electron chi connectivity index (χ0n) is 15.0. The van der Waals surface area contributed by atoms with Gasteiger partial charge in [0.25, 0.3) is 5.91 Å². The van der Waals surface area contributed by atoms with Crippen molar-refractivity contribution in [2.75, 3.05) is 5.32 Å². The number of rotatable bonds is 7. The van der Waals surface area contributed by atoms with Gasteiger partial charge in [-0.3, -0.25) is 9.59 Å². The van der Waals surface area contributed by atoms with E-state index >= 15 is 0 Å². The first kappa shape index (κ1) is 18.6. The molecule has 2 aromatic carbocycles. The number of benzene rings is 2. The number of aliphatic carboxylic acids is 1. The van der Waals surface area contributed by atoms with Crippen molar-refractivity contribution in [3.63, 3.8) is 0 Å². The Morgan fingerprint density at radius 1 is 1.07 bits per heavy atom. The number of carboxylic acids is 1. The van der Waals surface area contributed by atoms with Crippen LogP contribution in [0.2, 0.25) is 0 Å². The highest BCUT2D eigenvalue weighted by atomic mass is 16.4. The Balaban J connectivity index is 1.60. The number of carbonyl (C=O) groups excluding carboxylic acids is 2. The topological polar surface area (TPSA) is 95.5 Å². The molecule has 1 aliphatic carbocycles. The predicted molar refractivity (Wildman–Crippen MR) is 101 cm³/mol. The minimum absolute atomic E-state index is 0.00601. The fraction of sp³-hybridized carbons (Fsp3) is 0.286. The van der Waals surface area contributed by atoms with Crippen molar-refractivity contribution >= 4 is 23.5 Å². The molecule has 0 spiro atoms. The molecule has 6 nitrogen and oxygen atoms in total. The van der Waals surface area contributed by atoms with Crippen LogP contribution in [0.15, 0.2) is 54.6 Å². The van der Waals surface area contributed by atoms with Crippen molar-refractivity contribution in [2.24, 2.45) is 11.8 Å². The molecule has 140 valence electrons. The maximum atomic E-state index is 12.4. The molecule has 2 unspecified atom stereocenters. The van der Waals surface area contributed by atoms with Crippen LogP contribution in [-0.2, 0) is 16.0 Å². The third-order valence-corrected chi connectivity index (χ3v) is 4.75. The lowest BCUT2D eigenvalue weighted by molar-refractivity contribution is -0.139. The monoisotopic (exact) mass is 366 g/mol. The molecule has 0 aromatic heterocycles. The van der Waals surface area contributed by atoms with E-state index in [2.05, 4.69) is 10.6 Å². The standard InChI is InChI=1S/C21H22N2O4/c1-13-11-17(13)20(25)22-16-9-7-15(8-10-16)19(24)23-18(21(26)27)12-14-5-3-2-4-6-14/h2-10,13,17-18H,11-12H2,1H3,(H,22,25)(H,23,24)(H,26,27)/t13?,17?,18-/m0/s1. The molecule has 0 heterocycles. The second kappa shape index (κ2) is 8.03. The van der Waals surface area contributed by atoms with Crippen molar-refractivity contribution in [1.29, 1.82) is 0 Å². The van der Waals surface area contributed by atoms with Crippen LogP contribution >= 0.6 is 0 Å². The summed E-state index contributed by atoms with van der Waals surface area (Å²) in [5.74, 6) is -1.06. The molecule has 0 saturated heterocycles. The Kier molecular flexibility index (Phi) is 5.54. The largest absolute Gasteiger partial charge is 0.480 e. The zero-order valence-corrected chi connectivity index (χ0v) is 15.0. The second-order valence-electron chi connectivity index (χ2n) is 6.94. The van der Waals surface area contributed by atoms with Gasteiger partial charge in [-0.1, -0.05) is 37.3 Å². The van der Waals surface area contributed by atoms with Crippen molar-refractivity contribution in [2.45, 2.75) is 25.8 Å². The van der Waals surface area contributed by atoms with E-state index in [0.717, 1.165) is 12.0 Å². The van der Waals surface area contributed by atoms with Gasteiger partial charge in [-0.25, -0.2) is 4.79 Å². The summed E-state index contributed by atoms with van der Waals surface area (Å²) in [6, 6.07) is 14.6. The van der Waals surface area contributed by atoms with Crippen molar-refractivity contribution < 1.29 is 19.5 Å². The highest BCUT2D eigenvalue weighted by Crippen LogP contribution is 2.38. The molecule has 0 radical (unpaired) electrons. The van der Waals surface area contributed by atoms with Gasteiger partial charge in [-0.2, -0.15) is 0 Å². The van der Waals surface area contributed by atoms with Gasteiger partial charge in [-0.05, 0) is 42.2 Å². The summed E-state index contributed by atoms with van der Waals surface area (Å²) in [7, 11) is 0. The number of nitrogens with one attached hydrogen (secondary N) is 2. The van der Waals surface area contributed by atoms with Crippen LogP contribution in [0.4, 0.5) is 5.69 Å². The van der Waals surface area contributed by atoms with Crippen LogP contribution in [0.3, 0.4) is 0 Å². The number of hydrogen-bond acceptors (Lipinski definition) is 3. The summed E-state index contributed by atoms with van der Waals surface area (Å²) in [4.78, 5) is 35.8. The smallest absolute Gasteiger partial charge is 0.326 e. The highest BCUT2D eigenvalue weighted by Gasteiger charge is 2.39. The van der Waals surface area contributed by atoms with E-state index in [1.165, 1.54) is 0 Å². The Labute approximate surface area is 157 Å². The van der Waals surface area contributed by atoms with Gasteiger partial charge in [0.15, 0.2) is 0 Å². The second-order valence-corrected chi connectivity index (χ2v) is 6.94. The summed E-state index contributed by atoms with van der Waals surface area (Å²) < 4.78 is 0. The first-order valence-corrected chi connectivity index (χ1v) is 8.92. The van der Waals surface area contributed by atoms with Crippen molar-refractivity contribution in [3.05, 3.63) is 65.7 Å². The summed E-state index contributed by atoms with van der Waals surface area (Å²) in [6.07, 6.45) is 1.11. The minimum Gasteiger partial charge on any atom is -0.480 e. The first-order valence-electron chi connectivity index (χ1n) is 8.92. The molecule has 1 aliphatic rings. The van der Waals surface area contributed by atoms with Crippen LogP contribution < -0.4 is 10.6 Å². The molecule has 1 saturated carbocycles. The van der Waals surface area contributed by atoms with E-state index in [4.69, 9.17) is 0 Å². The van der Waals surface area contributed by atoms with Gasteiger partial charge in [-0.15, -0.1) is 0 Å². The molecule has 3 N–H and O–H groups in total. The van der Waals surface area contributed by atoms with E-state index in [0.29, 0.717) is 17.2 Å². The predicted octanol–water partition coefficient (Wildman–Crippen LogP) is 2.71. The molecule has 0 aliphatic heterocycles. The number of carboxylic acid groups (broad SMARTS) is 1. The number of carbonyl (C=O) groups is 3. The molecule has 2 amide bonds. The van der Waals surface area contributed by atoms with Gasteiger partial charge in [0.2, 0.25) is 5.91 Å². The number of anilines is 1. The van der Waals surface area contributed by atoms with Gasteiger partial charge >= 0.3 is 5.97 Å². The van der Waals surface area contributed by atoms with Crippen LogP contribution in [-0.4, -0.2) is 28.9 Å². The lowest BCUT2D eigenvalue weighted by Crippen LogP contribution is -2.42. The molecule has 3 atom stereocenters. The number of amides is 2. The fourth-order valence-electron chi connectivity index (χ4n) is 2.92. The molecule has 0 bridgehead atoms. The maximum absolute atomic E-state index is 12.4. The maximum Gasteiger partial charge on any atom is 0.326 e. The average Bonchev–Trinajstić information content (AvgIpc) is 3.39. The van der Waals surface area contributed by atoms with E-state index in [1.54, 1.807) is 24.3 Å². The van der Waals surface area contributed by atoms with Gasteiger partial charge < -0.3 is 15.7 Å². The normalized spacial score (nSPS) is 19.0. The molecular weight excluding hydrogens is 344 g/mol. The Morgan fingerprint density at radius 3 is 2.26 bits per heavy atom. The quantitative estimate of drug-likeness (QED) is 0.702.